The van der Waals surface area contributed by atoms with Crippen molar-refractivity contribution in [2.24, 2.45) is 5.92 Å². The minimum absolute atomic E-state index is 0.309. The number of hydrogen-bond acceptors (Lipinski definition) is 3. The third-order valence-corrected chi connectivity index (χ3v) is 3.61. The Hall–Kier alpha value is -1.68. The molecule has 1 aliphatic rings. The lowest BCUT2D eigenvalue weighted by molar-refractivity contribution is -0.114. The molecule has 1 atom stereocenters. The van der Waals surface area contributed by atoms with Crippen LogP contribution in [0.4, 0.5) is 5.69 Å². The van der Waals surface area contributed by atoms with Gasteiger partial charge in [-0.1, -0.05) is 26.0 Å². The van der Waals surface area contributed by atoms with Gasteiger partial charge in [0.2, 0.25) is 0 Å². The molecule has 0 bridgehead atoms. The van der Waals surface area contributed by atoms with Crippen molar-refractivity contribution in [3.63, 3.8) is 0 Å². The Bertz CT molecular complexity index is 525. The van der Waals surface area contributed by atoms with E-state index in [1.54, 1.807) is 11.0 Å². The molecule has 0 aliphatic carbocycles. The fraction of sp³-hybridized carbons (Fsp3) is 0.500. The Labute approximate surface area is 120 Å². The lowest BCUT2D eigenvalue weighted by atomic mass is 10.1. The minimum atomic E-state index is -0.392. The molecule has 1 amide bonds. The molecule has 0 saturated carbocycles. The number of aryl methyl sites for hydroxylation is 1. The molecule has 1 aliphatic heterocycles. The maximum absolute atomic E-state index is 12.1. The Morgan fingerprint density at radius 3 is 2.75 bits per heavy atom. The molecule has 0 saturated heterocycles. The third kappa shape index (κ3) is 2.75. The van der Waals surface area contributed by atoms with Crippen molar-refractivity contribution in [3.8, 4) is 0 Å². The number of carbonyl (C=O) groups excluding carboxylic acids is 2. The highest BCUT2D eigenvalue weighted by Gasteiger charge is 2.37. The van der Waals surface area contributed by atoms with Crippen LogP contribution in [-0.2, 0) is 4.79 Å². The predicted octanol–water partition coefficient (Wildman–Crippen LogP) is 2.16. The van der Waals surface area contributed by atoms with Crippen LogP contribution < -0.4 is 10.2 Å². The number of hydrogen-bond donors (Lipinski definition) is 1. The zero-order valence-corrected chi connectivity index (χ0v) is 12.4. The van der Waals surface area contributed by atoms with Crippen LogP contribution in [0.3, 0.4) is 0 Å². The molecule has 1 aromatic carbocycles. The summed E-state index contributed by atoms with van der Waals surface area (Å²) in [6.07, 6.45) is 1.09. The third-order valence-electron chi connectivity index (χ3n) is 3.61. The van der Waals surface area contributed by atoms with Crippen molar-refractivity contribution < 1.29 is 9.59 Å². The monoisotopic (exact) mass is 274 g/mol. The number of fused-ring (bicyclic) bond motifs is 1. The van der Waals surface area contributed by atoms with Crippen LogP contribution in [0.15, 0.2) is 18.2 Å². The van der Waals surface area contributed by atoms with E-state index in [0.717, 1.165) is 30.8 Å². The first kappa shape index (κ1) is 14.7. The molecular weight excluding hydrogens is 252 g/mol. The van der Waals surface area contributed by atoms with Gasteiger partial charge in [0.1, 0.15) is 0 Å². The highest BCUT2D eigenvalue weighted by molar-refractivity contribution is 6.52. The summed E-state index contributed by atoms with van der Waals surface area (Å²) in [6, 6.07) is 5.51. The van der Waals surface area contributed by atoms with E-state index >= 15 is 0 Å². The van der Waals surface area contributed by atoms with Crippen LogP contribution in [0.1, 0.15) is 36.2 Å². The molecule has 108 valence electrons. The number of carbonyl (C=O) groups is 2. The first-order valence-corrected chi connectivity index (χ1v) is 7.22. The number of Topliss-reactive ketones (excluding diaryl/α,β-unsaturated/α-hetero) is 1. The molecule has 4 heteroatoms. The van der Waals surface area contributed by atoms with Crippen molar-refractivity contribution in [3.05, 3.63) is 29.3 Å². The van der Waals surface area contributed by atoms with Crippen LogP contribution in [0.5, 0.6) is 0 Å². The average molecular weight is 274 g/mol. The Kier molecular flexibility index (Phi) is 4.55. The van der Waals surface area contributed by atoms with E-state index in [9.17, 15) is 9.59 Å². The second-order valence-electron chi connectivity index (χ2n) is 5.53. The summed E-state index contributed by atoms with van der Waals surface area (Å²) in [4.78, 5) is 25.8. The lowest BCUT2D eigenvalue weighted by Crippen LogP contribution is -2.37. The fourth-order valence-corrected chi connectivity index (χ4v) is 2.62. The first-order chi connectivity index (χ1) is 9.56. The molecular formula is C16H22N2O2. The highest BCUT2D eigenvalue weighted by Crippen LogP contribution is 2.32. The number of ketones is 1. The number of nitrogens with zero attached hydrogens (tertiary/aromatic N) is 1. The lowest BCUT2D eigenvalue weighted by Gasteiger charge is -2.22. The molecule has 0 spiro atoms. The van der Waals surface area contributed by atoms with E-state index in [-0.39, 0.29) is 5.78 Å². The van der Waals surface area contributed by atoms with Gasteiger partial charge in [-0.2, -0.15) is 0 Å². The molecule has 1 unspecified atom stereocenters. The number of benzene rings is 1. The van der Waals surface area contributed by atoms with E-state index in [0.29, 0.717) is 18.0 Å². The van der Waals surface area contributed by atoms with E-state index in [1.807, 2.05) is 19.1 Å². The number of nitrogens with one attached hydrogen (secondary N) is 1. The number of rotatable bonds is 6. The van der Waals surface area contributed by atoms with Gasteiger partial charge in [0.15, 0.2) is 0 Å². The zero-order chi connectivity index (χ0) is 14.7. The van der Waals surface area contributed by atoms with Crippen LogP contribution >= 0.6 is 0 Å². The van der Waals surface area contributed by atoms with Gasteiger partial charge in [-0.15, -0.1) is 0 Å². The molecule has 20 heavy (non-hydrogen) atoms. The first-order valence-electron chi connectivity index (χ1n) is 7.22. The summed E-state index contributed by atoms with van der Waals surface area (Å²) < 4.78 is 0. The molecule has 2 rings (SSSR count). The van der Waals surface area contributed by atoms with Crippen LogP contribution in [-0.4, -0.2) is 31.3 Å². The highest BCUT2D eigenvalue weighted by atomic mass is 16.2. The van der Waals surface area contributed by atoms with Crippen LogP contribution in [0.2, 0.25) is 0 Å². The smallest absolute Gasteiger partial charge is 0.299 e. The summed E-state index contributed by atoms with van der Waals surface area (Å²) in [5, 5.41) is 3.35. The molecule has 0 aromatic heterocycles. The van der Waals surface area contributed by atoms with Gasteiger partial charge >= 0.3 is 0 Å². The zero-order valence-electron chi connectivity index (χ0n) is 12.4. The molecule has 0 fully saturated rings. The molecule has 1 N–H and O–H groups in total. The molecule has 1 aromatic rings. The Balaban J connectivity index is 2.13. The SMILES string of the molecule is CCCNCC(C)CN1C(=O)C(=O)c2cccc(C)c21. The molecule has 0 radical (unpaired) electrons. The topological polar surface area (TPSA) is 49.4 Å². The van der Waals surface area contributed by atoms with Gasteiger partial charge in [-0.25, -0.2) is 0 Å². The van der Waals surface area contributed by atoms with E-state index in [4.69, 9.17) is 0 Å². The Morgan fingerprint density at radius 1 is 1.30 bits per heavy atom. The van der Waals surface area contributed by atoms with Gasteiger partial charge in [-0.3, -0.25) is 9.59 Å². The van der Waals surface area contributed by atoms with E-state index in [1.165, 1.54) is 0 Å². The second kappa shape index (κ2) is 6.18. The predicted molar refractivity (Wildman–Crippen MR) is 80.2 cm³/mol. The molecule has 1 heterocycles. The van der Waals surface area contributed by atoms with E-state index in [2.05, 4.69) is 19.2 Å². The summed E-state index contributed by atoms with van der Waals surface area (Å²) in [5.74, 6) is -0.460. The minimum Gasteiger partial charge on any atom is -0.316 e. The average Bonchev–Trinajstić information content (AvgIpc) is 2.66. The normalized spacial score (nSPS) is 15.7. The number of para-hydroxylation sites is 1. The summed E-state index contributed by atoms with van der Waals surface area (Å²) >= 11 is 0. The maximum atomic E-state index is 12.1. The van der Waals surface area contributed by atoms with Crippen molar-refractivity contribution in [2.45, 2.75) is 27.2 Å². The second-order valence-corrected chi connectivity index (χ2v) is 5.53. The largest absolute Gasteiger partial charge is 0.316 e. The van der Waals surface area contributed by atoms with Crippen molar-refractivity contribution in [2.75, 3.05) is 24.5 Å². The van der Waals surface area contributed by atoms with Gasteiger partial charge in [0.25, 0.3) is 11.7 Å². The summed E-state index contributed by atoms with van der Waals surface area (Å²) in [7, 11) is 0. The number of amides is 1. The van der Waals surface area contributed by atoms with Crippen LogP contribution in [0, 0.1) is 12.8 Å². The molecule has 4 nitrogen and oxygen atoms in total. The fourth-order valence-electron chi connectivity index (χ4n) is 2.62. The van der Waals surface area contributed by atoms with Gasteiger partial charge < -0.3 is 10.2 Å². The standard InChI is InChI=1S/C16H22N2O2/c1-4-8-17-9-11(2)10-18-14-12(3)6-5-7-13(14)15(19)16(18)20/h5-7,11,17H,4,8-10H2,1-3H3. The number of anilines is 1. The van der Waals surface area contributed by atoms with Crippen molar-refractivity contribution in [1.29, 1.82) is 0 Å². The van der Waals surface area contributed by atoms with Gasteiger partial charge in [-0.05, 0) is 44.0 Å². The maximum Gasteiger partial charge on any atom is 0.299 e. The quantitative estimate of drug-likeness (QED) is 0.639. The van der Waals surface area contributed by atoms with Gasteiger partial charge in [0.05, 0.1) is 11.3 Å². The van der Waals surface area contributed by atoms with Gasteiger partial charge in [0, 0.05) is 6.54 Å². The van der Waals surface area contributed by atoms with Crippen molar-refractivity contribution >= 4 is 17.4 Å². The van der Waals surface area contributed by atoms with E-state index < -0.39 is 5.91 Å². The Morgan fingerprint density at radius 2 is 2.05 bits per heavy atom. The summed E-state index contributed by atoms with van der Waals surface area (Å²) in [6.45, 7) is 8.58. The summed E-state index contributed by atoms with van der Waals surface area (Å²) in [5.41, 5.74) is 2.32. The van der Waals surface area contributed by atoms with Crippen molar-refractivity contribution in [1.82, 2.24) is 5.32 Å². The van der Waals surface area contributed by atoms with Crippen LogP contribution in [0.25, 0.3) is 0 Å².